The molecule has 0 saturated carbocycles. The van der Waals surface area contributed by atoms with Crippen LogP contribution in [0.5, 0.6) is 0 Å². The zero-order valence-electron chi connectivity index (χ0n) is 19.6. The van der Waals surface area contributed by atoms with Crippen molar-refractivity contribution in [2.75, 3.05) is 10.3 Å². The van der Waals surface area contributed by atoms with Gasteiger partial charge in [-0.05, 0) is 42.0 Å². The fraction of sp³-hybridized carbons (Fsp3) is 0.0769. The van der Waals surface area contributed by atoms with Gasteiger partial charge in [-0.2, -0.15) is 23.5 Å². The molecular weight excluding hydrogens is 519 g/mol. The van der Waals surface area contributed by atoms with E-state index < -0.39 is 57.2 Å². The first kappa shape index (κ1) is 26.6. The van der Waals surface area contributed by atoms with E-state index in [0.717, 1.165) is 41.4 Å². The molecule has 0 spiro atoms. The van der Waals surface area contributed by atoms with E-state index in [0.29, 0.717) is 5.56 Å². The first-order chi connectivity index (χ1) is 18.5. The summed E-state index contributed by atoms with van der Waals surface area (Å²) in [5.74, 6) is -3.55. The number of hydrogen-bond acceptors (Lipinski definition) is 8. The van der Waals surface area contributed by atoms with E-state index in [2.05, 4.69) is 10.4 Å². The third kappa shape index (κ3) is 5.59. The van der Waals surface area contributed by atoms with Gasteiger partial charge in [0.25, 0.3) is 17.4 Å². The molecule has 0 radical (unpaired) electrons. The normalized spacial score (nSPS) is 15.0. The Balaban J connectivity index is 1.73. The summed E-state index contributed by atoms with van der Waals surface area (Å²) in [6, 6.07) is 16.3. The number of halogens is 3. The molecule has 13 heteroatoms. The van der Waals surface area contributed by atoms with Crippen molar-refractivity contribution in [3.63, 3.8) is 0 Å². The van der Waals surface area contributed by atoms with Crippen molar-refractivity contribution < 1.29 is 32.8 Å². The number of hydrogen-bond donors (Lipinski definition) is 2. The molecule has 0 bridgehead atoms. The lowest BCUT2D eigenvalue weighted by molar-refractivity contribution is -0.383. The molecule has 3 aromatic rings. The molecule has 1 heterocycles. The number of alkyl halides is 3. The Labute approximate surface area is 218 Å². The summed E-state index contributed by atoms with van der Waals surface area (Å²) in [7, 11) is 0. The summed E-state index contributed by atoms with van der Waals surface area (Å²) in [5.41, 5.74) is -2.48. The maximum Gasteiger partial charge on any atom is 0.416 e. The van der Waals surface area contributed by atoms with Crippen molar-refractivity contribution in [3.05, 3.63) is 111 Å². The van der Waals surface area contributed by atoms with Gasteiger partial charge in [-0.15, -0.1) is 0 Å². The van der Waals surface area contributed by atoms with Crippen LogP contribution in [0.15, 0.2) is 89.7 Å². The highest BCUT2D eigenvalue weighted by molar-refractivity contribution is 6.69. The minimum Gasteiger partial charge on any atom is -0.506 e. The minimum atomic E-state index is -4.68. The first-order valence-corrected chi connectivity index (χ1v) is 11.0. The number of nitrogens with zero attached hydrogens (tertiary/aromatic N) is 4. The Kier molecular flexibility index (Phi) is 7.12. The summed E-state index contributed by atoms with van der Waals surface area (Å²) >= 11 is 0. The SMILES string of the molecule is N#Cc1ccc(NC(=O)C(=O)C2=NN(c3cccc(C(F)(F)F)c3)C(c3ccccc3)C=C2O)c([N+](=O)[O-])c1. The number of benzene rings is 3. The van der Waals surface area contributed by atoms with Gasteiger partial charge in [-0.1, -0.05) is 36.4 Å². The first-order valence-electron chi connectivity index (χ1n) is 11.0. The molecule has 0 aliphatic carbocycles. The Morgan fingerprint density at radius 1 is 1.08 bits per heavy atom. The van der Waals surface area contributed by atoms with Crippen LogP contribution in [0.1, 0.15) is 22.7 Å². The molecule has 2 N–H and O–H groups in total. The van der Waals surface area contributed by atoms with Crippen LogP contribution in [0.25, 0.3) is 0 Å². The summed E-state index contributed by atoms with van der Waals surface area (Å²) in [6.07, 6.45) is -3.53. The number of anilines is 2. The van der Waals surface area contributed by atoms with Crippen molar-refractivity contribution in [2.24, 2.45) is 5.10 Å². The Morgan fingerprint density at radius 3 is 2.44 bits per heavy atom. The topological polar surface area (TPSA) is 149 Å². The van der Waals surface area contributed by atoms with E-state index in [9.17, 15) is 38.0 Å². The van der Waals surface area contributed by atoms with Gasteiger partial charge in [0.05, 0.1) is 33.8 Å². The van der Waals surface area contributed by atoms with E-state index >= 15 is 0 Å². The molecule has 4 rings (SSSR count). The molecule has 10 nitrogen and oxygen atoms in total. The van der Waals surface area contributed by atoms with Crippen molar-refractivity contribution in [1.82, 2.24) is 0 Å². The molecule has 1 amide bonds. The standard InChI is InChI=1S/C26H16F3N5O5/c27-26(28,29)17-7-4-8-18(12-17)33-20(16-5-2-1-3-6-16)13-22(35)23(32-33)24(36)25(37)31-19-10-9-15(14-30)11-21(19)34(38)39/h1-13,20,35H,(H,31,37). The van der Waals surface area contributed by atoms with Crippen LogP contribution in [0.4, 0.5) is 30.2 Å². The number of nitro benzene ring substituents is 1. The number of nitro groups is 1. The Morgan fingerprint density at radius 2 is 1.79 bits per heavy atom. The van der Waals surface area contributed by atoms with Crippen molar-refractivity contribution in [3.8, 4) is 6.07 Å². The van der Waals surface area contributed by atoms with E-state index in [1.165, 1.54) is 12.1 Å². The lowest BCUT2D eigenvalue weighted by Gasteiger charge is -2.31. The fourth-order valence-electron chi connectivity index (χ4n) is 3.76. The quantitative estimate of drug-likeness (QED) is 0.255. The number of carbonyl (C=O) groups excluding carboxylic acids is 2. The molecule has 0 fully saturated rings. The van der Waals surface area contributed by atoms with Crippen LogP contribution in [0.3, 0.4) is 0 Å². The summed E-state index contributed by atoms with van der Waals surface area (Å²) in [4.78, 5) is 36.2. The number of hydrazone groups is 1. The largest absolute Gasteiger partial charge is 0.506 e. The number of aliphatic hydroxyl groups is 1. The number of ketones is 1. The van der Waals surface area contributed by atoms with Gasteiger partial charge in [0.15, 0.2) is 5.71 Å². The smallest absolute Gasteiger partial charge is 0.416 e. The molecule has 1 unspecified atom stereocenters. The van der Waals surface area contributed by atoms with Crippen LogP contribution in [0, 0.1) is 21.4 Å². The summed E-state index contributed by atoms with van der Waals surface area (Å²) in [5, 5.41) is 38.1. The van der Waals surface area contributed by atoms with Crippen LogP contribution >= 0.6 is 0 Å². The average Bonchev–Trinajstić information content (AvgIpc) is 2.92. The van der Waals surface area contributed by atoms with E-state index in [1.54, 1.807) is 36.4 Å². The second kappa shape index (κ2) is 10.5. The third-order valence-electron chi connectivity index (χ3n) is 5.60. The van der Waals surface area contributed by atoms with Crippen LogP contribution < -0.4 is 10.3 Å². The molecule has 1 aliphatic rings. The number of rotatable bonds is 6. The van der Waals surface area contributed by atoms with Crippen molar-refractivity contribution in [1.29, 1.82) is 5.26 Å². The molecular formula is C26H16F3N5O5. The van der Waals surface area contributed by atoms with Crippen molar-refractivity contribution >= 4 is 34.5 Å². The maximum absolute atomic E-state index is 13.4. The summed E-state index contributed by atoms with van der Waals surface area (Å²) in [6.45, 7) is 0. The van der Waals surface area contributed by atoms with Gasteiger partial charge >= 0.3 is 6.18 Å². The van der Waals surface area contributed by atoms with Gasteiger partial charge in [-0.3, -0.25) is 24.7 Å². The number of nitrogens with one attached hydrogen (secondary N) is 1. The van der Waals surface area contributed by atoms with Crippen LogP contribution in [0.2, 0.25) is 0 Å². The second-order valence-electron chi connectivity index (χ2n) is 8.13. The molecule has 1 atom stereocenters. The molecule has 3 aromatic carbocycles. The fourth-order valence-corrected chi connectivity index (χ4v) is 3.76. The minimum absolute atomic E-state index is 0.0630. The lowest BCUT2D eigenvalue weighted by atomic mass is 10.0. The molecule has 0 saturated heterocycles. The van der Waals surface area contributed by atoms with Gasteiger partial charge in [0.2, 0.25) is 0 Å². The van der Waals surface area contributed by atoms with E-state index in [1.807, 2.05) is 0 Å². The highest BCUT2D eigenvalue weighted by Crippen LogP contribution is 2.37. The van der Waals surface area contributed by atoms with E-state index in [4.69, 9.17) is 5.26 Å². The Hall–Kier alpha value is -5.51. The van der Waals surface area contributed by atoms with Gasteiger partial charge in [0.1, 0.15) is 11.4 Å². The molecule has 196 valence electrons. The molecule has 0 aromatic heterocycles. The number of allylic oxidation sites excluding steroid dienone is 1. The number of Topliss-reactive ketones (excluding diaryl/α,β-unsaturated/α-hetero) is 1. The molecule has 1 aliphatic heterocycles. The molecule has 39 heavy (non-hydrogen) atoms. The Bertz CT molecular complexity index is 1580. The zero-order valence-corrected chi connectivity index (χ0v) is 19.6. The number of carbonyl (C=O) groups is 2. The van der Waals surface area contributed by atoms with Crippen LogP contribution in [-0.2, 0) is 15.8 Å². The van der Waals surface area contributed by atoms with Gasteiger partial charge in [-0.25, -0.2) is 0 Å². The number of nitriles is 1. The maximum atomic E-state index is 13.4. The predicted octanol–water partition coefficient (Wildman–Crippen LogP) is 5.05. The van der Waals surface area contributed by atoms with Gasteiger partial charge < -0.3 is 10.4 Å². The predicted molar refractivity (Wildman–Crippen MR) is 133 cm³/mol. The number of aliphatic hydroxyl groups excluding tert-OH is 1. The lowest BCUT2D eigenvalue weighted by Crippen LogP contribution is -2.37. The monoisotopic (exact) mass is 535 g/mol. The second-order valence-corrected chi connectivity index (χ2v) is 8.13. The van der Waals surface area contributed by atoms with E-state index in [-0.39, 0.29) is 11.3 Å². The van der Waals surface area contributed by atoms with Gasteiger partial charge in [0, 0.05) is 6.07 Å². The highest BCUT2D eigenvalue weighted by atomic mass is 19.4. The average molecular weight is 535 g/mol. The highest BCUT2D eigenvalue weighted by Gasteiger charge is 2.35. The third-order valence-corrected chi connectivity index (χ3v) is 5.60. The van der Waals surface area contributed by atoms with Crippen molar-refractivity contribution in [2.45, 2.75) is 12.2 Å². The van der Waals surface area contributed by atoms with Crippen LogP contribution in [-0.4, -0.2) is 27.4 Å². The number of amides is 1. The zero-order chi connectivity index (χ0) is 28.3. The summed E-state index contributed by atoms with van der Waals surface area (Å²) < 4.78 is 40.2.